The van der Waals surface area contributed by atoms with E-state index >= 15 is 0 Å². The minimum Gasteiger partial charge on any atom is -0.303 e. The van der Waals surface area contributed by atoms with E-state index < -0.39 is 0 Å². The molecule has 0 saturated carbocycles. The molecule has 3 heteroatoms. The van der Waals surface area contributed by atoms with E-state index in [1.807, 2.05) is 11.7 Å². The van der Waals surface area contributed by atoms with Crippen LogP contribution in [0.25, 0.3) is 0 Å². The average molecular weight is 297 g/mol. The molecule has 118 valence electrons. The number of aromatic nitrogens is 2. The van der Waals surface area contributed by atoms with Crippen LogP contribution in [-0.2, 0) is 13.5 Å². The molecule has 0 amide bonds. The van der Waals surface area contributed by atoms with Crippen molar-refractivity contribution in [2.75, 3.05) is 0 Å². The minimum atomic E-state index is 0.380. The van der Waals surface area contributed by atoms with E-state index in [9.17, 15) is 0 Å². The second-order valence-corrected chi connectivity index (χ2v) is 6.63. The lowest BCUT2D eigenvalue weighted by atomic mass is 9.99. The summed E-state index contributed by atoms with van der Waals surface area (Å²) in [6, 6.07) is 7.74. The van der Waals surface area contributed by atoms with Crippen LogP contribution < -0.4 is 5.32 Å². The first kappa shape index (κ1) is 15.3. The van der Waals surface area contributed by atoms with Crippen LogP contribution in [0, 0.1) is 20.8 Å². The molecule has 0 saturated heterocycles. The van der Waals surface area contributed by atoms with Gasteiger partial charge in [0.25, 0.3) is 0 Å². The predicted octanol–water partition coefficient (Wildman–Crippen LogP) is 4.07. The molecule has 0 aliphatic heterocycles. The number of nitrogens with zero attached hydrogens (tertiary/aromatic N) is 2. The van der Waals surface area contributed by atoms with Crippen molar-refractivity contribution in [3.63, 3.8) is 0 Å². The molecule has 1 aromatic heterocycles. The summed E-state index contributed by atoms with van der Waals surface area (Å²) in [6.07, 6.45) is 3.48. The van der Waals surface area contributed by atoms with Crippen LogP contribution in [0.15, 0.2) is 18.2 Å². The van der Waals surface area contributed by atoms with E-state index in [2.05, 4.69) is 56.3 Å². The monoisotopic (exact) mass is 297 g/mol. The van der Waals surface area contributed by atoms with Gasteiger partial charge < -0.3 is 5.32 Å². The molecule has 0 bridgehead atoms. The maximum atomic E-state index is 4.59. The van der Waals surface area contributed by atoms with Gasteiger partial charge in [0.15, 0.2) is 0 Å². The van der Waals surface area contributed by atoms with Crippen LogP contribution in [-0.4, -0.2) is 9.78 Å². The quantitative estimate of drug-likeness (QED) is 0.922. The highest BCUT2D eigenvalue weighted by Gasteiger charge is 2.27. The first-order valence-electron chi connectivity index (χ1n) is 8.36. The van der Waals surface area contributed by atoms with Gasteiger partial charge in [-0.3, -0.25) is 4.68 Å². The highest BCUT2D eigenvalue weighted by molar-refractivity contribution is 5.38. The van der Waals surface area contributed by atoms with Crippen LogP contribution in [0.2, 0.25) is 0 Å². The van der Waals surface area contributed by atoms with Gasteiger partial charge in [-0.1, -0.05) is 30.7 Å². The molecule has 3 rings (SSSR count). The standard InChI is InChI=1S/C19H27N3/c1-6-17(19-13(3)21-22(5)14(19)4)20-18-10-9-15-8-7-12(2)11-16(15)18/h7-8,11,17-18,20H,6,9-10H2,1-5H3/t17-,18+/m0/s1. The number of hydrogen-bond acceptors (Lipinski definition) is 2. The topological polar surface area (TPSA) is 29.9 Å². The van der Waals surface area contributed by atoms with Gasteiger partial charge in [-0.05, 0) is 51.2 Å². The Kier molecular flexibility index (Phi) is 4.09. The van der Waals surface area contributed by atoms with Gasteiger partial charge in [-0.15, -0.1) is 0 Å². The Labute approximate surface area is 133 Å². The summed E-state index contributed by atoms with van der Waals surface area (Å²) in [5, 5.41) is 8.50. The number of aryl methyl sites for hydroxylation is 4. The number of hydrogen-bond donors (Lipinski definition) is 1. The first-order valence-corrected chi connectivity index (χ1v) is 8.36. The Morgan fingerprint density at radius 1 is 1.32 bits per heavy atom. The summed E-state index contributed by atoms with van der Waals surface area (Å²) in [7, 11) is 2.03. The summed E-state index contributed by atoms with van der Waals surface area (Å²) < 4.78 is 2.00. The van der Waals surface area contributed by atoms with Gasteiger partial charge in [-0.25, -0.2) is 0 Å². The molecule has 22 heavy (non-hydrogen) atoms. The zero-order valence-corrected chi connectivity index (χ0v) is 14.4. The van der Waals surface area contributed by atoms with E-state index in [1.165, 1.54) is 40.8 Å². The lowest BCUT2D eigenvalue weighted by molar-refractivity contribution is 0.430. The molecule has 2 aromatic rings. The molecule has 1 N–H and O–H groups in total. The Morgan fingerprint density at radius 2 is 2.09 bits per heavy atom. The van der Waals surface area contributed by atoms with Gasteiger partial charge in [0.05, 0.1) is 5.69 Å². The van der Waals surface area contributed by atoms with Crippen molar-refractivity contribution in [2.24, 2.45) is 7.05 Å². The predicted molar refractivity (Wildman–Crippen MR) is 91.1 cm³/mol. The molecule has 0 radical (unpaired) electrons. The van der Waals surface area contributed by atoms with Crippen molar-refractivity contribution in [1.29, 1.82) is 0 Å². The molecular weight excluding hydrogens is 270 g/mol. The molecule has 1 aliphatic rings. The second-order valence-electron chi connectivity index (χ2n) is 6.63. The summed E-state index contributed by atoms with van der Waals surface area (Å²) in [6.45, 7) is 8.74. The van der Waals surface area contributed by atoms with Crippen molar-refractivity contribution in [3.8, 4) is 0 Å². The Hall–Kier alpha value is -1.61. The molecular formula is C19H27N3. The highest BCUT2D eigenvalue weighted by Crippen LogP contribution is 2.35. The fourth-order valence-corrected chi connectivity index (χ4v) is 3.84. The summed E-state index contributed by atoms with van der Waals surface area (Å²) in [4.78, 5) is 0. The smallest absolute Gasteiger partial charge is 0.0644 e. The summed E-state index contributed by atoms with van der Waals surface area (Å²) in [5.74, 6) is 0. The Balaban J connectivity index is 1.88. The lowest BCUT2D eigenvalue weighted by Crippen LogP contribution is -2.25. The molecule has 0 unspecified atom stereocenters. The van der Waals surface area contributed by atoms with Gasteiger partial charge in [0.1, 0.15) is 0 Å². The van der Waals surface area contributed by atoms with Crippen LogP contribution in [0.5, 0.6) is 0 Å². The van der Waals surface area contributed by atoms with Gasteiger partial charge in [0.2, 0.25) is 0 Å². The maximum Gasteiger partial charge on any atom is 0.0644 e. The lowest BCUT2D eigenvalue weighted by Gasteiger charge is -2.23. The third-order valence-corrected chi connectivity index (χ3v) is 5.10. The van der Waals surface area contributed by atoms with E-state index in [1.54, 1.807) is 0 Å². The molecule has 1 heterocycles. The fraction of sp³-hybridized carbons (Fsp3) is 0.526. The number of fused-ring (bicyclic) bond motifs is 1. The number of benzene rings is 1. The normalized spacial score (nSPS) is 18.5. The largest absolute Gasteiger partial charge is 0.303 e. The van der Waals surface area contributed by atoms with E-state index in [0.29, 0.717) is 12.1 Å². The molecule has 3 nitrogen and oxygen atoms in total. The van der Waals surface area contributed by atoms with Crippen molar-refractivity contribution in [3.05, 3.63) is 51.8 Å². The van der Waals surface area contributed by atoms with Crippen molar-refractivity contribution in [2.45, 2.75) is 59.0 Å². The zero-order chi connectivity index (χ0) is 15.9. The van der Waals surface area contributed by atoms with Gasteiger partial charge in [0, 0.05) is 30.4 Å². The Bertz CT molecular complexity index is 684. The maximum absolute atomic E-state index is 4.59. The number of rotatable bonds is 4. The van der Waals surface area contributed by atoms with E-state index in [0.717, 1.165) is 12.1 Å². The minimum absolute atomic E-state index is 0.380. The van der Waals surface area contributed by atoms with Crippen LogP contribution in [0.4, 0.5) is 0 Å². The van der Waals surface area contributed by atoms with Crippen LogP contribution in [0.1, 0.15) is 65.5 Å². The van der Waals surface area contributed by atoms with E-state index in [-0.39, 0.29) is 0 Å². The Morgan fingerprint density at radius 3 is 2.73 bits per heavy atom. The second kappa shape index (κ2) is 5.88. The average Bonchev–Trinajstić information content (AvgIpc) is 2.98. The van der Waals surface area contributed by atoms with Crippen LogP contribution >= 0.6 is 0 Å². The third-order valence-electron chi connectivity index (χ3n) is 5.10. The highest BCUT2D eigenvalue weighted by atomic mass is 15.3. The van der Waals surface area contributed by atoms with E-state index in [4.69, 9.17) is 0 Å². The van der Waals surface area contributed by atoms with Gasteiger partial charge in [-0.2, -0.15) is 5.10 Å². The molecule has 0 fully saturated rings. The van der Waals surface area contributed by atoms with Gasteiger partial charge >= 0.3 is 0 Å². The van der Waals surface area contributed by atoms with Crippen molar-refractivity contribution < 1.29 is 0 Å². The molecule has 0 spiro atoms. The third kappa shape index (κ3) is 2.58. The fourth-order valence-electron chi connectivity index (χ4n) is 3.84. The molecule has 1 aromatic carbocycles. The molecule has 1 aliphatic carbocycles. The summed E-state index contributed by atoms with van der Waals surface area (Å²) >= 11 is 0. The zero-order valence-electron chi connectivity index (χ0n) is 14.4. The van der Waals surface area contributed by atoms with Crippen molar-refractivity contribution in [1.82, 2.24) is 15.1 Å². The number of nitrogens with one attached hydrogen (secondary N) is 1. The molecule has 2 atom stereocenters. The van der Waals surface area contributed by atoms with Crippen molar-refractivity contribution >= 4 is 0 Å². The summed E-state index contributed by atoms with van der Waals surface area (Å²) in [5.41, 5.74) is 8.18. The first-order chi connectivity index (χ1) is 10.5. The SMILES string of the molecule is CC[C@H](N[C@@H]1CCc2ccc(C)cc21)c1c(C)nn(C)c1C. The van der Waals surface area contributed by atoms with Crippen LogP contribution in [0.3, 0.4) is 0 Å².